The van der Waals surface area contributed by atoms with Crippen LogP contribution in [-0.4, -0.2) is 21.4 Å². The van der Waals surface area contributed by atoms with E-state index in [-0.39, 0.29) is 0 Å². The zero-order valence-electron chi connectivity index (χ0n) is 15.1. The summed E-state index contributed by atoms with van der Waals surface area (Å²) in [6.07, 6.45) is 18.8. The molecule has 0 saturated heterocycles. The minimum absolute atomic E-state index is 0.514. The fourth-order valence-corrected chi connectivity index (χ4v) is 2.32. The lowest BCUT2D eigenvalue weighted by molar-refractivity contribution is 0.0353. The third-order valence-corrected chi connectivity index (χ3v) is 4.71. The van der Waals surface area contributed by atoms with E-state index in [9.17, 15) is 10.2 Å². The van der Waals surface area contributed by atoms with Gasteiger partial charge in [-0.15, -0.1) is 0 Å². The maximum absolute atomic E-state index is 10.1. The van der Waals surface area contributed by atoms with Crippen molar-refractivity contribution in [2.75, 3.05) is 0 Å². The number of aliphatic hydroxyl groups is 2. The first-order valence-electron chi connectivity index (χ1n) is 9.04. The molecule has 0 aliphatic heterocycles. The molecule has 0 aromatic heterocycles. The van der Waals surface area contributed by atoms with Gasteiger partial charge in [-0.1, -0.05) is 52.0 Å². The molecule has 0 rings (SSSR count). The maximum atomic E-state index is 10.1. The molecule has 0 spiro atoms. The monoisotopic (exact) mass is 309 g/mol. The fourth-order valence-electron chi connectivity index (χ4n) is 2.32. The smallest absolute Gasteiger partial charge is 0.0822 e. The Labute approximate surface area is 138 Å². The Morgan fingerprint density at radius 3 is 1.73 bits per heavy atom. The van der Waals surface area contributed by atoms with Gasteiger partial charge in [0.15, 0.2) is 0 Å². The molecule has 0 aromatic rings. The van der Waals surface area contributed by atoms with Crippen LogP contribution in [0.2, 0.25) is 0 Å². The van der Waals surface area contributed by atoms with Crippen LogP contribution >= 0.6 is 0 Å². The van der Waals surface area contributed by atoms with Gasteiger partial charge in [0.25, 0.3) is 0 Å². The van der Waals surface area contributed by atoms with E-state index in [1.165, 1.54) is 0 Å². The summed E-state index contributed by atoms with van der Waals surface area (Å²) >= 11 is 0. The maximum Gasteiger partial charge on any atom is 0.0822 e. The molecule has 0 heterocycles. The molecule has 0 saturated carbocycles. The van der Waals surface area contributed by atoms with Gasteiger partial charge >= 0.3 is 0 Å². The summed E-state index contributed by atoms with van der Waals surface area (Å²) in [5, 5.41) is 20.3. The van der Waals surface area contributed by atoms with Gasteiger partial charge in [-0.05, 0) is 64.2 Å². The molecule has 0 atom stereocenters. The lowest BCUT2D eigenvalue weighted by atomic mass is 9.93. The molecule has 2 N–H and O–H groups in total. The van der Waals surface area contributed by atoms with Gasteiger partial charge in [0, 0.05) is 0 Å². The van der Waals surface area contributed by atoms with Crippen molar-refractivity contribution in [1.82, 2.24) is 0 Å². The largest absolute Gasteiger partial charge is 0.390 e. The number of hydrogen-bond acceptors (Lipinski definition) is 2. The molecule has 0 aliphatic rings. The van der Waals surface area contributed by atoms with Crippen molar-refractivity contribution < 1.29 is 10.2 Å². The first kappa shape index (κ1) is 21.4. The van der Waals surface area contributed by atoms with Crippen LogP contribution < -0.4 is 0 Å². The van der Waals surface area contributed by atoms with Gasteiger partial charge in [0.2, 0.25) is 0 Å². The van der Waals surface area contributed by atoms with Crippen LogP contribution in [0.15, 0.2) is 24.3 Å². The van der Waals surface area contributed by atoms with E-state index in [1.807, 2.05) is 33.8 Å². The fraction of sp³-hybridized carbons (Fsp3) is 0.750. The summed E-state index contributed by atoms with van der Waals surface area (Å²) in [4.78, 5) is 0. The summed E-state index contributed by atoms with van der Waals surface area (Å²) in [5.41, 5.74) is -1.13. The first-order chi connectivity index (χ1) is 10.4. The van der Waals surface area contributed by atoms with E-state index in [2.05, 4.69) is 24.6 Å². The van der Waals surface area contributed by atoms with Gasteiger partial charge in [-0.2, -0.15) is 0 Å². The zero-order valence-corrected chi connectivity index (χ0v) is 15.1. The van der Waals surface area contributed by atoms with Crippen molar-refractivity contribution in [1.29, 1.82) is 0 Å². The van der Waals surface area contributed by atoms with Crippen molar-refractivity contribution in [3.05, 3.63) is 30.7 Å². The van der Waals surface area contributed by atoms with E-state index >= 15 is 0 Å². The Morgan fingerprint density at radius 2 is 1.23 bits per heavy atom. The topological polar surface area (TPSA) is 40.5 Å². The van der Waals surface area contributed by atoms with Crippen LogP contribution in [0, 0.1) is 6.42 Å². The molecular weight excluding hydrogens is 272 g/mol. The number of unbranched alkanes of at least 4 members (excludes halogenated alkanes) is 4. The zero-order chi connectivity index (χ0) is 16.9. The SMILES string of the molecule is CCC(O)(C=CCC[CH]CCC=CCC(O)(CC)CC)CC. The van der Waals surface area contributed by atoms with Crippen LogP contribution in [0.25, 0.3) is 0 Å². The Balaban J connectivity index is 3.69. The van der Waals surface area contributed by atoms with E-state index < -0.39 is 11.2 Å². The van der Waals surface area contributed by atoms with Crippen molar-refractivity contribution >= 4 is 0 Å². The lowest BCUT2D eigenvalue weighted by Crippen LogP contribution is -2.25. The minimum Gasteiger partial charge on any atom is -0.390 e. The van der Waals surface area contributed by atoms with Crippen LogP contribution in [-0.2, 0) is 0 Å². The Kier molecular flexibility index (Phi) is 11.6. The Hall–Kier alpha value is -0.600. The number of hydrogen-bond donors (Lipinski definition) is 2. The van der Waals surface area contributed by atoms with E-state index in [1.54, 1.807) is 0 Å². The molecule has 0 aromatic carbocycles. The molecule has 0 unspecified atom stereocenters. The van der Waals surface area contributed by atoms with Crippen molar-refractivity contribution in [2.45, 2.75) is 96.7 Å². The second kappa shape index (κ2) is 11.9. The average molecular weight is 310 g/mol. The summed E-state index contributed by atoms with van der Waals surface area (Å²) in [7, 11) is 0. The summed E-state index contributed by atoms with van der Waals surface area (Å²) in [6.45, 7) is 8.11. The highest BCUT2D eigenvalue weighted by atomic mass is 16.3. The molecule has 0 fully saturated rings. The third kappa shape index (κ3) is 9.42. The second-order valence-corrected chi connectivity index (χ2v) is 6.26. The van der Waals surface area contributed by atoms with E-state index in [0.29, 0.717) is 0 Å². The number of rotatable bonds is 13. The molecular formula is C20H37O2. The molecule has 0 amide bonds. The van der Waals surface area contributed by atoms with Gasteiger partial charge < -0.3 is 10.2 Å². The molecule has 1 radical (unpaired) electrons. The quantitative estimate of drug-likeness (QED) is 0.355. The van der Waals surface area contributed by atoms with Crippen molar-refractivity contribution in [3.63, 3.8) is 0 Å². The molecule has 0 aliphatic carbocycles. The summed E-state index contributed by atoms with van der Waals surface area (Å²) in [6, 6.07) is 0. The average Bonchev–Trinajstić information content (AvgIpc) is 2.56. The Morgan fingerprint density at radius 1 is 0.682 bits per heavy atom. The predicted molar refractivity (Wildman–Crippen MR) is 96.7 cm³/mol. The second-order valence-electron chi connectivity index (χ2n) is 6.26. The van der Waals surface area contributed by atoms with Gasteiger partial charge in [-0.25, -0.2) is 0 Å². The normalized spacial score (nSPS) is 13.5. The molecule has 2 nitrogen and oxygen atoms in total. The lowest BCUT2D eigenvalue weighted by Gasteiger charge is -2.23. The number of allylic oxidation sites excluding steroid dienone is 2. The first-order valence-corrected chi connectivity index (χ1v) is 9.04. The van der Waals surface area contributed by atoms with Crippen molar-refractivity contribution in [2.24, 2.45) is 0 Å². The highest BCUT2D eigenvalue weighted by Gasteiger charge is 2.19. The molecule has 2 heteroatoms. The third-order valence-electron chi connectivity index (χ3n) is 4.71. The van der Waals surface area contributed by atoms with Gasteiger partial charge in [0.1, 0.15) is 0 Å². The van der Waals surface area contributed by atoms with Crippen molar-refractivity contribution in [3.8, 4) is 0 Å². The predicted octanol–water partition coefficient (Wildman–Crippen LogP) is 5.36. The highest BCUT2D eigenvalue weighted by molar-refractivity contribution is 5.00. The molecule has 0 bridgehead atoms. The molecule has 129 valence electrons. The van der Waals surface area contributed by atoms with Gasteiger partial charge in [-0.3, -0.25) is 0 Å². The van der Waals surface area contributed by atoms with Gasteiger partial charge in [0.05, 0.1) is 11.2 Å². The molecule has 22 heavy (non-hydrogen) atoms. The standard InChI is InChI=1S/C20H37O2/c1-5-19(21,6-2)17-15-13-11-9-10-12-14-16-18-20(22,7-3)8-4/h9,14-17,21-22H,5-8,10-13,18H2,1-4H3. The summed E-state index contributed by atoms with van der Waals surface area (Å²) in [5.74, 6) is 0. The van der Waals surface area contributed by atoms with Crippen LogP contribution in [0.3, 0.4) is 0 Å². The minimum atomic E-state index is -0.613. The Bertz CT molecular complexity index is 310. The van der Waals surface area contributed by atoms with E-state index in [4.69, 9.17) is 0 Å². The van der Waals surface area contributed by atoms with Crippen LogP contribution in [0.5, 0.6) is 0 Å². The highest BCUT2D eigenvalue weighted by Crippen LogP contribution is 2.20. The van der Waals surface area contributed by atoms with E-state index in [0.717, 1.165) is 57.8 Å². The van der Waals surface area contributed by atoms with Crippen LogP contribution in [0.4, 0.5) is 0 Å². The van der Waals surface area contributed by atoms with Crippen LogP contribution in [0.1, 0.15) is 85.5 Å². The summed E-state index contributed by atoms with van der Waals surface area (Å²) < 4.78 is 0.